The summed E-state index contributed by atoms with van der Waals surface area (Å²) in [6.45, 7) is 0.716. The van der Waals surface area contributed by atoms with E-state index in [4.69, 9.17) is 23.7 Å². The number of aliphatic hydroxyl groups is 6. The molecule has 0 amide bonds. The Bertz CT molecular complexity index is 1240. The summed E-state index contributed by atoms with van der Waals surface area (Å²) in [6, 6.07) is 8.50. The minimum atomic E-state index is -1.75. The summed E-state index contributed by atoms with van der Waals surface area (Å²) in [6.07, 6.45) is -16.0. The van der Waals surface area contributed by atoms with E-state index < -0.39 is 85.7 Å². The molecule has 3 heterocycles. The van der Waals surface area contributed by atoms with Crippen LogP contribution in [0.1, 0.15) is 35.4 Å². The number of aliphatic hydroxyl groups excluding tert-OH is 6. The summed E-state index contributed by atoms with van der Waals surface area (Å²) in [5.41, 5.74) is 0.529. The average molecular weight is 581 g/mol. The maximum atomic E-state index is 12.9. The summed E-state index contributed by atoms with van der Waals surface area (Å²) in [4.78, 5) is 12.9. The highest BCUT2D eigenvalue weighted by Gasteiger charge is 2.51. The fourth-order valence-electron chi connectivity index (χ4n) is 5.07. The lowest BCUT2D eigenvalue weighted by Gasteiger charge is -2.45. The Hall–Kier alpha value is -3.05. The second-order valence-electron chi connectivity index (χ2n) is 10.2. The Morgan fingerprint density at radius 2 is 1.59 bits per heavy atom. The molecule has 8 N–H and O–H groups in total. The number of fused-ring (bicyclic) bond motifs is 1. The molecule has 0 aromatic heterocycles. The van der Waals surface area contributed by atoms with Gasteiger partial charge in [0.1, 0.15) is 71.3 Å². The van der Waals surface area contributed by atoms with Gasteiger partial charge in [0.25, 0.3) is 0 Å². The zero-order chi connectivity index (χ0) is 29.6. The van der Waals surface area contributed by atoms with Gasteiger partial charge in [-0.25, -0.2) is 0 Å². The van der Waals surface area contributed by atoms with Crippen LogP contribution in [0.25, 0.3) is 0 Å². The van der Waals surface area contributed by atoms with Gasteiger partial charge in [-0.15, -0.1) is 0 Å². The van der Waals surface area contributed by atoms with Crippen molar-refractivity contribution in [2.24, 2.45) is 0 Å². The van der Waals surface area contributed by atoms with Crippen molar-refractivity contribution in [1.82, 2.24) is 0 Å². The van der Waals surface area contributed by atoms with Gasteiger partial charge in [0.05, 0.1) is 19.1 Å². The Morgan fingerprint density at radius 1 is 0.878 bits per heavy atom. The third kappa shape index (κ3) is 5.70. The van der Waals surface area contributed by atoms with Crippen LogP contribution in [0.15, 0.2) is 36.4 Å². The van der Waals surface area contributed by atoms with Crippen LogP contribution >= 0.6 is 0 Å². The maximum absolute atomic E-state index is 12.9. The normalized spacial score (nSPS) is 37.2. The minimum absolute atomic E-state index is 0.0149. The van der Waals surface area contributed by atoms with Gasteiger partial charge in [0.2, 0.25) is 6.29 Å². The highest BCUT2D eigenvalue weighted by atomic mass is 16.8. The monoisotopic (exact) mass is 580 g/mol. The molecule has 224 valence electrons. The van der Waals surface area contributed by atoms with Crippen LogP contribution in [-0.4, -0.2) is 115 Å². The van der Waals surface area contributed by atoms with E-state index >= 15 is 0 Å². The first-order valence-electron chi connectivity index (χ1n) is 13.0. The van der Waals surface area contributed by atoms with Gasteiger partial charge < -0.3 is 64.5 Å². The fraction of sp³-hybridized carbons (Fsp3) is 0.519. The lowest BCUT2D eigenvalue weighted by molar-refractivity contribution is -0.354. The van der Waals surface area contributed by atoms with E-state index in [9.17, 15) is 45.6 Å². The van der Waals surface area contributed by atoms with Gasteiger partial charge in [-0.2, -0.15) is 0 Å². The Morgan fingerprint density at radius 3 is 2.27 bits per heavy atom. The Kier molecular flexibility index (Phi) is 8.39. The van der Waals surface area contributed by atoms with E-state index in [1.165, 1.54) is 25.1 Å². The van der Waals surface area contributed by atoms with Crippen LogP contribution in [0.3, 0.4) is 0 Å². The number of carbonyl (C=O) groups excluding carboxylic acids is 1. The van der Waals surface area contributed by atoms with Crippen molar-refractivity contribution in [2.45, 2.75) is 80.9 Å². The molecule has 3 aliphatic heterocycles. The van der Waals surface area contributed by atoms with Crippen molar-refractivity contribution in [3.05, 3.63) is 47.5 Å². The third-order valence-corrected chi connectivity index (χ3v) is 7.42. The van der Waals surface area contributed by atoms with Gasteiger partial charge in [0, 0.05) is 12.1 Å². The van der Waals surface area contributed by atoms with E-state index in [2.05, 4.69) is 0 Å². The number of Topliss-reactive ketones (excluding diaryl/α,β-unsaturated/α-hetero) is 1. The summed E-state index contributed by atoms with van der Waals surface area (Å²) < 4.78 is 28.6. The number of benzene rings is 2. The standard InChI is InChI=1S/C27H32O14/c1-10-20(32)22(34)24(36)26(37-10)41-25-23(35)21(33)18(9-28)40-27(25)38-13-6-14(30)19-15(31)8-16(39-17(19)7-13)11-2-4-12(29)5-3-11/h2-7,10,16,18,20-30,32-36H,8-9H2,1H3/t10-,16+,18-,20-,21-,22+,23+,24-,25-,26+,27-/m1/s1. The first-order valence-corrected chi connectivity index (χ1v) is 13.0. The number of hydrogen-bond donors (Lipinski definition) is 8. The molecule has 0 aliphatic carbocycles. The topological polar surface area (TPSA) is 225 Å². The first-order chi connectivity index (χ1) is 19.5. The zero-order valence-electron chi connectivity index (χ0n) is 21.8. The highest BCUT2D eigenvalue weighted by molar-refractivity contribution is 6.02. The minimum Gasteiger partial charge on any atom is -0.508 e. The fourth-order valence-corrected chi connectivity index (χ4v) is 5.07. The molecule has 2 fully saturated rings. The molecule has 41 heavy (non-hydrogen) atoms. The highest BCUT2D eigenvalue weighted by Crippen LogP contribution is 2.43. The van der Waals surface area contributed by atoms with Gasteiger partial charge in [0.15, 0.2) is 18.2 Å². The lowest BCUT2D eigenvalue weighted by atomic mass is 9.95. The van der Waals surface area contributed by atoms with E-state index in [0.717, 1.165) is 6.07 Å². The van der Waals surface area contributed by atoms with Crippen LogP contribution in [0.5, 0.6) is 23.0 Å². The number of ether oxygens (including phenoxy) is 5. The van der Waals surface area contributed by atoms with Crippen molar-refractivity contribution >= 4 is 5.78 Å². The number of aromatic hydroxyl groups is 2. The molecule has 2 saturated heterocycles. The van der Waals surface area contributed by atoms with Crippen LogP contribution in [0, 0.1) is 0 Å². The van der Waals surface area contributed by atoms with Gasteiger partial charge in [-0.05, 0) is 24.6 Å². The molecule has 0 saturated carbocycles. The predicted molar refractivity (Wildman–Crippen MR) is 134 cm³/mol. The molecule has 2 aromatic carbocycles. The van der Waals surface area contributed by atoms with E-state index in [1.807, 2.05) is 0 Å². The Balaban J connectivity index is 1.41. The van der Waals surface area contributed by atoms with Crippen molar-refractivity contribution in [2.75, 3.05) is 6.61 Å². The predicted octanol–water partition coefficient (Wildman–Crippen LogP) is -1.17. The van der Waals surface area contributed by atoms with Gasteiger partial charge >= 0.3 is 0 Å². The zero-order valence-corrected chi connectivity index (χ0v) is 21.8. The molecule has 14 heteroatoms. The van der Waals surface area contributed by atoms with Crippen LogP contribution in [-0.2, 0) is 14.2 Å². The number of carbonyl (C=O) groups is 1. The Labute approximate surface area is 233 Å². The van der Waals surface area contributed by atoms with Gasteiger partial charge in [-0.1, -0.05) is 12.1 Å². The van der Waals surface area contributed by atoms with Crippen molar-refractivity contribution in [1.29, 1.82) is 0 Å². The molecule has 0 spiro atoms. The largest absolute Gasteiger partial charge is 0.508 e. The molecule has 3 aliphatic rings. The lowest BCUT2D eigenvalue weighted by Crippen LogP contribution is -2.64. The molecular formula is C27H32O14. The number of hydrogen-bond acceptors (Lipinski definition) is 14. The van der Waals surface area contributed by atoms with E-state index in [-0.39, 0.29) is 29.2 Å². The van der Waals surface area contributed by atoms with Crippen molar-refractivity contribution in [3.8, 4) is 23.0 Å². The van der Waals surface area contributed by atoms with Gasteiger partial charge in [-0.3, -0.25) is 4.79 Å². The molecule has 0 radical (unpaired) electrons. The number of phenols is 2. The van der Waals surface area contributed by atoms with Crippen LogP contribution < -0.4 is 9.47 Å². The first kappa shape index (κ1) is 29.4. The molecule has 11 atom stereocenters. The quantitative estimate of drug-likeness (QED) is 0.202. The second-order valence-corrected chi connectivity index (χ2v) is 10.2. The SMILES string of the molecule is C[C@H]1O[C@@H](O[C@H]2[C@H](Oc3cc(O)c4c(c3)O[C@H](c3ccc(O)cc3)CC4=O)O[C@H](CO)[C@@H](O)[C@@H]2O)[C@H](O)[C@@H](O)[C@@H]1O. The second kappa shape index (κ2) is 11.7. The van der Waals surface area contributed by atoms with Crippen LogP contribution in [0.4, 0.5) is 0 Å². The molecule has 0 bridgehead atoms. The van der Waals surface area contributed by atoms with Crippen LogP contribution in [0.2, 0.25) is 0 Å². The molecule has 2 aromatic rings. The maximum Gasteiger partial charge on any atom is 0.229 e. The smallest absolute Gasteiger partial charge is 0.229 e. The van der Waals surface area contributed by atoms with Crippen molar-refractivity contribution < 1.29 is 69.3 Å². The molecular weight excluding hydrogens is 548 g/mol. The number of rotatable bonds is 6. The summed E-state index contributed by atoms with van der Waals surface area (Å²) in [5, 5.41) is 81.6. The number of phenolic OH excluding ortho intramolecular Hbond substituents is 2. The summed E-state index contributed by atoms with van der Waals surface area (Å²) in [7, 11) is 0. The summed E-state index contributed by atoms with van der Waals surface area (Å²) in [5.74, 6) is -0.947. The molecule has 14 nitrogen and oxygen atoms in total. The van der Waals surface area contributed by atoms with Crippen molar-refractivity contribution in [3.63, 3.8) is 0 Å². The summed E-state index contributed by atoms with van der Waals surface area (Å²) >= 11 is 0. The third-order valence-electron chi connectivity index (χ3n) is 7.42. The number of ketones is 1. The average Bonchev–Trinajstić information content (AvgIpc) is 2.94. The van der Waals surface area contributed by atoms with E-state index in [1.54, 1.807) is 12.1 Å². The molecule has 0 unspecified atom stereocenters. The molecule has 5 rings (SSSR count). The van der Waals surface area contributed by atoms with E-state index in [0.29, 0.717) is 5.56 Å².